The molecule has 1 rings (SSSR count). The molecule has 1 aliphatic rings. The van der Waals surface area contributed by atoms with Gasteiger partial charge in [0.1, 0.15) is 0 Å². The van der Waals surface area contributed by atoms with E-state index in [1.54, 1.807) is 6.92 Å². The maximum atomic E-state index is 11.0. The quantitative estimate of drug-likeness (QED) is 0.434. The van der Waals surface area contributed by atoms with Crippen molar-refractivity contribution in [2.24, 2.45) is 0 Å². The molecular weight excluding hydrogens is 150 g/mol. The topological polar surface area (TPSA) is 37.4 Å². The minimum atomic E-state index is -0.396. The first-order chi connectivity index (χ1) is 4.66. The average molecular weight is 159 g/mol. The van der Waals surface area contributed by atoms with Crippen LogP contribution in [0.25, 0.3) is 0 Å². The van der Waals surface area contributed by atoms with E-state index in [0.717, 1.165) is 0 Å². The van der Waals surface area contributed by atoms with Crippen LogP contribution in [0.3, 0.4) is 0 Å². The standard InChI is InChI=1S/C6H9NO2S/c1-2-7-5(8)3-4(10)6(7)9/h4,10H,2-3H2,1H3/t4-/m1/s1. The molecule has 1 atom stereocenters. The summed E-state index contributed by atoms with van der Waals surface area (Å²) in [5.41, 5.74) is 0. The van der Waals surface area contributed by atoms with Gasteiger partial charge in [-0.15, -0.1) is 0 Å². The van der Waals surface area contributed by atoms with Crippen molar-refractivity contribution in [1.82, 2.24) is 4.90 Å². The molecule has 3 nitrogen and oxygen atoms in total. The molecule has 4 heteroatoms. The molecule has 0 N–H and O–H groups in total. The van der Waals surface area contributed by atoms with Gasteiger partial charge in [0.2, 0.25) is 11.8 Å². The molecule has 0 bridgehead atoms. The van der Waals surface area contributed by atoms with Crippen LogP contribution < -0.4 is 0 Å². The van der Waals surface area contributed by atoms with Crippen LogP contribution in [-0.4, -0.2) is 28.5 Å². The van der Waals surface area contributed by atoms with E-state index in [-0.39, 0.29) is 18.2 Å². The molecule has 0 aromatic carbocycles. The van der Waals surface area contributed by atoms with Crippen molar-refractivity contribution in [3.63, 3.8) is 0 Å². The first-order valence-electron chi connectivity index (χ1n) is 3.19. The fraction of sp³-hybridized carbons (Fsp3) is 0.667. The predicted octanol–water partition coefficient (Wildman–Crippen LogP) is 0.0636. The summed E-state index contributed by atoms with van der Waals surface area (Å²) in [5, 5.41) is -0.396. The Bertz CT molecular complexity index is 181. The van der Waals surface area contributed by atoms with Crippen molar-refractivity contribution in [2.45, 2.75) is 18.6 Å². The zero-order valence-corrected chi connectivity index (χ0v) is 6.60. The molecule has 1 fully saturated rings. The van der Waals surface area contributed by atoms with E-state index in [1.165, 1.54) is 4.90 Å². The van der Waals surface area contributed by atoms with Crippen molar-refractivity contribution in [3.8, 4) is 0 Å². The highest BCUT2D eigenvalue weighted by Gasteiger charge is 2.34. The van der Waals surface area contributed by atoms with E-state index in [1.807, 2.05) is 0 Å². The summed E-state index contributed by atoms with van der Waals surface area (Å²) in [4.78, 5) is 23.1. The highest BCUT2D eigenvalue weighted by molar-refractivity contribution is 7.81. The van der Waals surface area contributed by atoms with Gasteiger partial charge >= 0.3 is 0 Å². The second-order valence-corrected chi connectivity index (χ2v) is 2.82. The van der Waals surface area contributed by atoms with Crippen molar-refractivity contribution >= 4 is 24.4 Å². The van der Waals surface area contributed by atoms with Gasteiger partial charge < -0.3 is 0 Å². The fourth-order valence-corrected chi connectivity index (χ4v) is 1.29. The molecule has 0 aromatic heterocycles. The van der Waals surface area contributed by atoms with E-state index >= 15 is 0 Å². The van der Waals surface area contributed by atoms with Gasteiger partial charge in [0.05, 0.1) is 5.25 Å². The molecule has 0 radical (unpaired) electrons. The molecule has 1 aliphatic heterocycles. The van der Waals surface area contributed by atoms with E-state index in [9.17, 15) is 9.59 Å². The number of imide groups is 1. The van der Waals surface area contributed by atoms with Crippen molar-refractivity contribution in [3.05, 3.63) is 0 Å². The van der Waals surface area contributed by atoms with Crippen LogP contribution in [0.2, 0.25) is 0 Å². The van der Waals surface area contributed by atoms with Gasteiger partial charge in [-0.2, -0.15) is 12.6 Å². The Hall–Kier alpha value is -0.510. The van der Waals surface area contributed by atoms with Gasteiger partial charge in [-0.25, -0.2) is 0 Å². The van der Waals surface area contributed by atoms with E-state index in [0.29, 0.717) is 6.54 Å². The van der Waals surface area contributed by atoms with E-state index in [2.05, 4.69) is 12.6 Å². The molecule has 0 saturated carbocycles. The number of rotatable bonds is 1. The smallest absolute Gasteiger partial charge is 0.242 e. The average Bonchev–Trinajstić information content (AvgIpc) is 2.09. The lowest BCUT2D eigenvalue weighted by Crippen LogP contribution is -2.30. The number of carbonyl (C=O) groups excluding carboxylic acids is 2. The number of thiol groups is 1. The molecule has 0 aliphatic carbocycles. The molecule has 1 heterocycles. The number of likely N-dealkylation sites (tertiary alicyclic amines) is 1. The van der Waals surface area contributed by atoms with Crippen molar-refractivity contribution < 1.29 is 9.59 Å². The third-order valence-electron chi connectivity index (χ3n) is 1.54. The fourth-order valence-electron chi connectivity index (χ4n) is 0.998. The molecule has 2 amide bonds. The predicted molar refractivity (Wildman–Crippen MR) is 39.8 cm³/mol. The van der Waals surface area contributed by atoms with Gasteiger partial charge in [0.25, 0.3) is 0 Å². The van der Waals surface area contributed by atoms with Gasteiger partial charge in [0.15, 0.2) is 0 Å². The zero-order valence-electron chi connectivity index (χ0n) is 5.70. The highest BCUT2D eigenvalue weighted by Crippen LogP contribution is 2.16. The van der Waals surface area contributed by atoms with Crippen LogP contribution in [-0.2, 0) is 9.59 Å². The Kier molecular flexibility index (Phi) is 1.99. The van der Waals surface area contributed by atoms with Crippen molar-refractivity contribution in [1.29, 1.82) is 0 Å². The Morgan fingerprint density at radius 2 is 2.30 bits per heavy atom. The summed E-state index contributed by atoms with van der Waals surface area (Å²) in [5.74, 6) is -0.261. The van der Waals surface area contributed by atoms with Gasteiger partial charge in [0, 0.05) is 13.0 Å². The molecule has 10 heavy (non-hydrogen) atoms. The van der Waals surface area contributed by atoms with Crippen LogP contribution >= 0.6 is 12.6 Å². The number of hydrogen-bond acceptors (Lipinski definition) is 3. The SMILES string of the molecule is CCN1C(=O)C[C@@H](S)C1=O. The first kappa shape index (κ1) is 7.60. The number of nitrogens with zero attached hydrogens (tertiary/aromatic N) is 1. The van der Waals surface area contributed by atoms with Gasteiger partial charge in [-0.3, -0.25) is 14.5 Å². The lowest BCUT2D eigenvalue weighted by Gasteiger charge is -2.08. The second kappa shape index (κ2) is 2.62. The van der Waals surface area contributed by atoms with Gasteiger partial charge in [-0.1, -0.05) is 0 Å². The second-order valence-electron chi connectivity index (χ2n) is 2.20. The highest BCUT2D eigenvalue weighted by atomic mass is 32.1. The largest absolute Gasteiger partial charge is 0.282 e. The Labute approximate surface area is 64.8 Å². The zero-order chi connectivity index (χ0) is 7.72. The van der Waals surface area contributed by atoms with Crippen LogP contribution in [0.1, 0.15) is 13.3 Å². The lowest BCUT2D eigenvalue weighted by atomic mass is 10.4. The normalized spacial score (nSPS) is 26.2. The number of hydrogen-bond donors (Lipinski definition) is 1. The molecule has 0 spiro atoms. The Morgan fingerprint density at radius 3 is 2.50 bits per heavy atom. The maximum Gasteiger partial charge on any atom is 0.242 e. The summed E-state index contributed by atoms with van der Waals surface area (Å²) in [7, 11) is 0. The summed E-state index contributed by atoms with van der Waals surface area (Å²) < 4.78 is 0. The van der Waals surface area contributed by atoms with E-state index < -0.39 is 5.25 Å². The summed E-state index contributed by atoms with van der Waals surface area (Å²) in [6, 6.07) is 0. The lowest BCUT2D eigenvalue weighted by molar-refractivity contribution is -0.137. The molecule has 56 valence electrons. The van der Waals surface area contributed by atoms with E-state index in [4.69, 9.17) is 0 Å². The Morgan fingerprint density at radius 1 is 1.70 bits per heavy atom. The minimum absolute atomic E-state index is 0.104. The summed E-state index contributed by atoms with van der Waals surface area (Å²) in [6.07, 6.45) is 0.260. The first-order valence-corrected chi connectivity index (χ1v) is 3.70. The molecule has 0 aromatic rings. The number of carbonyl (C=O) groups is 2. The van der Waals surface area contributed by atoms with Crippen molar-refractivity contribution in [2.75, 3.05) is 6.54 Å². The monoisotopic (exact) mass is 159 g/mol. The third-order valence-corrected chi connectivity index (χ3v) is 1.94. The summed E-state index contributed by atoms with van der Waals surface area (Å²) in [6.45, 7) is 2.25. The number of amides is 2. The Balaban J connectivity index is 2.74. The molecule has 0 unspecified atom stereocenters. The van der Waals surface area contributed by atoms with Crippen LogP contribution in [0.15, 0.2) is 0 Å². The van der Waals surface area contributed by atoms with Gasteiger partial charge in [-0.05, 0) is 6.92 Å². The third kappa shape index (κ3) is 1.03. The molecular formula is C6H9NO2S. The minimum Gasteiger partial charge on any atom is -0.282 e. The van der Waals surface area contributed by atoms with Crippen LogP contribution in [0.5, 0.6) is 0 Å². The summed E-state index contributed by atoms with van der Waals surface area (Å²) >= 11 is 3.95. The van der Waals surface area contributed by atoms with Crippen LogP contribution in [0.4, 0.5) is 0 Å². The van der Waals surface area contributed by atoms with Crippen LogP contribution in [0, 0.1) is 0 Å². The maximum absolute atomic E-state index is 11.0. The molecule has 1 saturated heterocycles.